The Morgan fingerprint density at radius 2 is 1.81 bits per heavy atom. The van der Waals surface area contributed by atoms with E-state index in [0.717, 1.165) is 58.7 Å². The first-order valence-corrected chi connectivity index (χ1v) is 8.58. The maximum absolute atomic E-state index is 12.5. The number of nitrogens with zero attached hydrogens (tertiary/aromatic N) is 3. The number of nitrogens with two attached hydrogens (primary N) is 1. The molecule has 5 heteroatoms. The number of rotatable bonds is 5. The average molecular weight is 296 g/mol. The molecule has 0 aliphatic carbocycles. The molecule has 2 heterocycles. The highest BCUT2D eigenvalue weighted by atomic mass is 16.2. The van der Waals surface area contributed by atoms with E-state index < -0.39 is 0 Å². The lowest BCUT2D eigenvalue weighted by molar-refractivity contribution is -0.135. The second-order valence-corrected chi connectivity index (χ2v) is 6.63. The van der Waals surface area contributed by atoms with E-state index in [9.17, 15) is 4.79 Å². The summed E-state index contributed by atoms with van der Waals surface area (Å²) in [7, 11) is 0. The topological polar surface area (TPSA) is 52.8 Å². The lowest BCUT2D eigenvalue weighted by atomic mass is 9.92. The van der Waals surface area contributed by atoms with Crippen molar-refractivity contribution in [1.82, 2.24) is 14.7 Å². The predicted molar refractivity (Wildman–Crippen MR) is 86.1 cm³/mol. The third-order valence-corrected chi connectivity index (χ3v) is 5.12. The van der Waals surface area contributed by atoms with Gasteiger partial charge < -0.3 is 20.4 Å². The first-order chi connectivity index (χ1) is 10.1. The number of piperidine rings is 1. The number of carbonyl (C=O) groups excluding carboxylic acids is 1. The van der Waals surface area contributed by atoms with Crippen molar-refractivity contribution in [2.24, 2.45) is 11.7 Å². The minimum Gasteiger partial charge on any atom is -0.338 e. The van der Waals surface area contributed by atoms with Gasteiger partial charge in [-0.15, -0.1) is 0 Å². The standard InChI is InChI=1S/C16H32N4O/c1-3-18-8-10-19(11-9-18)6-5-16(21)20-7-4-14(2)12-15(20)13-17/h14-15H,3-13,17H2,1-2H3. The zero-order chi connectivity index (χ0) is 15.2. The van der Waals surface area contributed by atoms with Crippen LogP contribution in [0.25, 0.3) is 0 Å². The first-order valence-electron chi connectivity index (χ1n) is 8.58. The van der Waals surface area contributed by atoms with Gasteiger partial charge in [-0.1, -0.05) is 13.8 Å². The third-order valence-electron chi connectivity index (χ3n) is 5.12. The molecule has 0 aromatic carbocycles. The van der Waals surface area contributed by atoms with Crippen molar-refractivity contribution in [2.75, 3.05) is 52.4 Å². The SMILES string of the molecule is CCN1CCN(CCC(=O)N2CCC(C)CC2CN)CC1. The summed E-state index contributed by atoms with van der Waals surface area (Å²) in [4.78, 5) is 19.4. The molecule has 5 nitrogen and oxygen atoms in total. The summed E-state index contributed by atoms with van der Waals surface area (Å²) in [5, 5.41) is 0. The van der Waals surface area contributed by atoms with Crippen LogP contribution >= 0.6 is 0 Å². The van der Waals surface area contributed by atoms with Gasteiger partial charge in [0.1, 0.15) is 0 Å². The second-order valence-electron chi connectivity index (χ2n) is 6.63. The van der Waals surface area contributed by atoms with Crippen LogP contribution in [0.15, 0.2) is 0 Å². The molecule has 2 N–H and O–H groups in total. The molecule has 0 aromatic heterocycles. The summed E-state index contributed by atoms with van der Waals surface area (Å²) < 4.78 is 0. The van der Waals surface area contributed by atoms with E-state index in [-0.39, 0.29) is 6.04 Å². The summed E-state index contributed by atoms with van der Waals surface area (Å²) in [6.45, 7) is 12.5. The molecular formula is C16H32N4O. The molecule has 0 radical (unpaired) electrons. The van der Waals surface area contributed by atoms with Gasteiger partial charge in [0, 0.05) is 58.3 Å². The molecule has 0 aromatic rings. The Labute approximate surface area is 129 Å². The fourth-order valence-corrected chi connectivity index (χ4v) is 3.53. The number of carbonyl (C=O) groups is 1. The molecule has 2 unspecified atom stereocenters. The quantitative estimate of drug-likeness (QED) is 0.807. The molecule has 2 rings (SSSR count). The predicted octanol–water partition coefficient (Wildman–Crippen LogP) is 0.600. The van der Waals surface area contributed by atoms with Crippen LogP contribution in [0.1, 0.15) is 33.1 Å². The number of likely N-dealkylation sites (N-methyl/N-ethyl adjacent to an activating group) is 1. The Morgan fingerprint density at radius 1 is 1.14 bits per heavy atom. The van der Waals surface area contributed by atoms with Crippen LogP contribution in [-0.2, 0) is 4.79 Å². The van der Waals surface area contributed by atoms with Crippen LogP contribution in [0.3, 0.4) is 0 Å². The van der Waals surface area contributed by atoms with Gasteiger partial charge in [-0.25, -0.2) is 0 Å². The van der Waals surface area contributed by atoms with Gasteiger partial charge in [0.2, 0.25) is 5.91 Å². The third kappa shape index (κ3) is 4.66. The summed E-state index contributed by atoms with van der Waals surface area (Å²) in [6, 6.07) is 0.262. The van der Waals surface area contributed by atoms with Crippen LogP contribution in [0.2, 0.25) is 0 Å². The van der Waals surface area contributed by atoms with Crippen LogP contribution in [0, 0.1) is 5.92 Å². The molecular weight excluding hydrogens is 264 g/mol. The van der Waals surface area contributed by atoms with E-state index in [2.05, 4.69) is 23.6 Å². The van der Waals surface area contributed by atoms with Crippen LogP contribution in [0.4, 0.5) is 0 Å². The lowest BCUT2D eigenvalue weighted by Crippen LogP contribution is -2.51. The van der Waals surface area contributed by atoms with E-state index in [0.29, 0.717) is 24.8 Å². The molecule has 0 spiro atoms. The minimum absolute atomic E-state index is 0.262. The molecule has 2 fully saturated rings. The second kappa shape index (κ2) is 8.11. The highest BCUT2D eigenvalue weighted by molar-refractivity contribution is 5.76. The van der Waals surface area contributed by atoms with Gasteiger partial charge in [-0.3, -0.25) is 4.79 Å². The van der Waals surface area contributed by atoms with Crippen molar-refractivity contribution >= 4 is 5.91 Å². The van der Waals surface area contributed by atoms with E-state index in [1.54, 1.807) is 0 Å². The Morgan fingerprint density at radius 3 is 2.43 bits per heavy atom. The maximum Gasteiger partial charge on any atom is 0.224 e. The zero-order valence-electron chi connectivity index (χ0n) is 13.8. The summed E-state index contributed by atoms with van der Waals surface area (Å²) in [5.41, 5.74) is 5.85. The Balaban J connectivity index is 1.74. The smallest absolute Gasteiger partial charge is 0.224 e. The summed E-state index contributed by atoms with van der Waals surface area (Å²) in [5.74, 6) is 1.000. The maximum atomic E-state index is 12.5. The summed E-state index contributed by atoms with van der Waals surface area (Å²) >= 11 is 0. The average Bonchev–Trinajstić information content (AvgIpc) is 2.52. The van der Waals surface area contributed by atoms with Crippen molar-refractivity contribution in [3.05, 3.63) is 0 Å². The molecule has 1 amide bonds. The van der Waals surface area contributed by atoms with Crippen molar-refractivity contribution < 1.29 is 4.79 Å². The normalized spacial score (nSPS) is 28.8. The fourth-order valence-electron chi connectivity index (χ4n) is 3.53. The molecule has 0 saturated carbocycles. The largest absolute Gasteiger partial charge is 0.338 e. The van der Waals surface area contributed by atoms with Gasteiger partial charge in [0.05, 0.1) is 0 Å². The monoisotopic (exact) mass is 296 g/mol. The highest BCUT2D eigenvalue weighted by Crippen LogP contribution is 2.22. The van der Waals surface area contributed by atoms with E-state index in [1.807, 2.05) is 4.90 Å². The molecule has 2 aliphatic rings. The number of hydrogen-bond donors (Lipinski definition) is 1. The van der Waals surface area contributed by atoms with Crippen molar-refractivity contribution in [1.29, 1.82) is 0 Å². The number of amides is 1. The molecule has 2 aliphatic heterocycles. The molecule has 2 saturated heterocycles. The molecule has 2 atom stereocenters. The van der Waals surface area contributed by atoms with Crippen molar-refractivity contribution in [2.45, 2.75) is 39.2 Å². The van der Waals surface area contributed by atoms with Crippen molar-refractivity contribution in [3.63, 3.8) is 0 Å². The van der Waals surface area contributed by atoms with Gasteiger partial charge >= 0.3 is 0 Å². The van der Waals surface area contributed by atoms with Gasteiger partial charge in [0.25, 0.3) is 0 Å². The van der Waals surface area contributed by atoms with Gasteiger partial charge in [-0.2, -0.15) is 0 Å². The Kier molecular flexibility index (Phi) is 6.45. The first kappa shape index (κ1) is 16.7. The van der Waals surface area contributed by atoms with Gasteiger partial charge in [-0.05, 0) is 25.3 Å². The summed E-state index contributed by atoms with van der Waals surface area (Å²) in [6.07, 6.45) is 2.84. The van der Waals surface area contributed by atoms with Crippen LogP contribution in [-0.4, -0.2) is 79.0 Å². The zero-order valence-corrected chi connectivity index (χ0v) is 13.8. The van der Waals surface area contributed by atoms with E-state index >= 15 is 0 Å². The van der Waals surface area contributed by atoms with E-state index in [1.165, 1.54) is 0 Å². The van der Waals surface area contributed by atoms with Gasteiger partial charge in [0.15, 0.2) is 0 Å². The molecule has 21 heavy (non-hydrogen) atoms. The number of likely N-dealkylation sites (tertiary alicyclic amines) is 1. The van der Waals surface area contributed by atoms with E-state index in [4.69, 9.17) is 5.73 Å². The lowest BCUT2D eigenvalue weighted by Gasteiger charge is -2.39. The highest BCUT2D eigenvalue weighted by Gasteiger charge is 2.29. The Bertz CT molecular complexity index is 328. The fraction of sp³-hybridized carbons (Fsp3) is 0.938. The van der Waals surface area contributed by atoms with Crippen LogP contribution in [0.5, 0.6) is 0 Å². The molecule has 0 bridgehead atoms. The molecule has 122 valence electrons. The minimum atomic E-state index is 0.262. The van der Waals surface area contributed by atoms with Crippen molar-refractivity contribution in [3.8, 4) is 0 Å². The number of piperazine rings is 1. The Hall–Kier alpha value is -0.650. The number of hydrogen-bond acceptors (Lipinski definition) is 4. The van der Waals surface area contributed by atoms with Crippen LogP contribution < -0.4 is 5.73 Å².